The third-order valence-electron chi connectivity index (χ3n) is 2.39. The highest BCUT2D eigenvalue weighted by atomic mass is 16.4. The first kappa shape index (κ1) is 10.5. The highest BCUT2D eigenvalue weighted by molar-refractivity contribution is 5.83. The molecule has 3 heteroatoms. The van der Waals surface area contributed by atoms with Gasteiger partial charge < -0.3 is 10.2 Å². The van der Waals surface area contributed by atoms with Crippen molar-refractivity contribution in [3.8, 4) is 0 Å². The van der Waals surface area contributed by atoms with Gasteiger partial charge in [-0.15, -0.1) is 0 Å². The highest BCUT2D eigenvalue weighted by Crippen LogP contribution is 2.23. The maximum absolute atomic E-state index is 5.50. The summed E-state index contributed by atoms with van der Waals surface area (Å²) in [7, 11) is 0. The molecule has 1 aromatic heterocycles. The second kappa shape index (κ2) is 4.23. The molecule has 0 saturated heterocycles. The largest absolute Gasteiger partial charge is 0.424 e. The number of hydrogen-bond donors (Lipinski definition) is 1. The maximum Gasteiger partial charge on any atom is 0.292 e. The normalized spacial score (nSPS) is 12.8. The van der Waals surface area contributed by atoms with Crippen LogP contribution >= 0.6 is 0 Å². The Balaban J connectivity index is 2.53. The number of aromatic nitrogens is 1. The topological polar surface area (TPSA) is 52.0 Å². The monoisotopic (exact) mass is 214 g/mol. The van der Waals surface area contributed by atoms with Gasteiger partial charge in [-0.05, 0) is 37.1 Å². The standard InChI is InChI=1S/C13H14N2O/c1-3-5-9(4-2)10-6-7-12-11(8-10)15-13(14)16-12/h3-8H,1-2H3,(H2,14,15). The molecular weight excluding hydrogens is 200 g/mol. The van der Waals surface area contributed by atoms with Gasteiger partial charge in [-0.3, -0.25) is 0 Å². The summed E-state index contributed by atoms with van der Waals surface area (Å²) in [6, 6.07) is 6.08. The summed E-state index contributed by atoms with van der Waals surface area (Å²) in [6.07, 6.45) is 6.13. The summed E-state index contributed by atoms with van der Waals surface area (Å²) in [5.41, 5.74) is 9.28. The van der Waals surface area contributed by atoms with E-state index in [2.05, 4.69) is 17.1 Å². The van der Waals surface area contributed by atoms with E-state index in [0.717, 1.165) is 22.2 Å². The molecule has 16 heavy (non-hydrogen) atoms. The lowest BCUT2D eigenvalue weighted by Gasteiger charge is -2.00. The number of nitrogen functional groups attached to an aromatic ring is 1. The lowest BCUT2D eigenvalue weighted by atomic mass is 10.0. The summed E-state index contributed by atoms with van der Waals surface area (Å²) < 4.78 is 5.23. The molecule has 0 saturated carbocycles. The number of nitrogens with two attached hydrogens (primary N) is 1. The minimum atomic E-state index is 0.209. The van der Waals surface area contributed by atoms with E-state index >= 15 is 0 Å². The number of rotatable bonds is 2. The van der Waals surface area contributed by atoms with E-state index in [9.17, 15) is 0 Å². The van der Waals surface area contributed by atoms with Gasteiger partial charge >= 0.3 is 0 Å². The van der Waals surface area contributed by atoms with E-state index < -0.39 is 0 Å². The van der Waals surface area contributed by atoms with Gasteiger partial charge in [0.25, 0.3) is 6.01 Å². The maximum atomic E-state index is 5.50. The molecule has 2 aromatic rings. The van der Waals surface area contributed by atoms with Crippen molar-refractivity contribution in [1.82, 2.24) is 4.98 Å². The van der Waals surface area contributed by atoms with Gasteiger partial charge in [0, 0.05) is 0 Å². The Kier molecular flexibility index (Phi) is 2.77. The number of hydrogen-bond acceptors (Lipinski definition) is 3. The van der Waals surface area contributed by atoms with Crippen LogP contribution in [0.3, 0.4) is 0 Å². The van der Waals surface area contributed by atoms with Crippen molar-refractivity contribution in [2.24, 2.45) is 0 Å². The Hall–Kier alpha value is -2.03. The molecule has 0 atom stereocenters. The molecule has 82 valence electrons. The second-order valence-corrected chi connectivity index (χ2v) is 3.48. The molecular formula is C13H14N2O. The van der Waals surface area contributed by atoms with Crippen molar-refractivity contribution < 1.29 is 4.42 Å². The fraction of sp³-hybridized carbons (Fsp3) is 0.154. The fourth-order valence-electron chi connectivity index (χ4n) is 1.66. The van der Waals surface area contributed by atoms with Crippen molar-refractivity contribution in [1.29, 1.82) is 0 Å². The van der Waals surface area contributed by atoms with Crippen molar-refractivity contribution in [2.45, 2.75) is 13.8 Å². The van der Waals surface area contributed by atoms with Crippen molar-refractivity contribution in [3.63, 3.8) is 0 Å². The molecule has 2 N–H and O–H groups in total. The van der Waals surface area contributed by atoms with Crippen molar-refractivity contribution in [3.05, 3.63) is 42.0 Å². The molecule has 2 rings (SSSR count). The number of nitrogens with zero attached hydrogens (tertiary/aromatic N) is 1. The summed E-state index contributed by atoms with van der Waals surface area (Å²) >= 11 is 0. The molecule has 1 aromatic carbocycles. The molecule has 0 radical (unpaired) electrons. The van der Waals surface area contributed by atoms with E-state index in [1.54, 1.807) is 0 Å². The third-order valence-corrected chi connectivity index (χ3v) is 2.39. The molecule has 0 spiro atoms. The van der Waals surface area contributed by atoms with Gasteiger partial charge in [-0.1, -0.05) is 24.3 Å². The van der Waals surface area contributed by atoms with Gasteiger partial charge in [0.2, 0.25) is 0 Å². The van der Waals surface area contributed by atoms with Crippen LogP contribution in [0.1, 0.15) is 19.4 Å². The molecule has 0 unspecified atom stereocenters. The second-order valence-electron chi connectivity index (χ2n) is 3.48. The lowest BCUT2D eigenvalue weighted by Crippen LogP contribution is -1.82. The molecule has 0 amide bonds. The number of allylic oxidation sites excluding steroid dienone is 4. The fourth-order valence-corrected chi connectivity index (χ4v) is 1.66. The zero-order valence-corrected chi connectivity index (χ0v) is 9.40. The van der Waals surface area contributed by atoms with Crippen LogP contribution in [0.2, 0.25) is 0 Å². The average Bonchev–Trinajstić information content (AvgIpc) is 2.64. The van der Waals surface area contributed by atoms with Crippen LogP contribution in [0.15, 0.2) is 40.8 Å². The summed E-state index contributed by atoms with van der Waals surface area (Å²) in [5, 5.41) is 0. The van der Waals surface area contributed by atoms with Gasteiger partial charge in [0.15, 0.2) is 5.58 Å². The van der Waals surface area contributed by atoms with E-state index in [4.69, 9.17) is 10.2 Å². The van der Waals surface area contributed by atoms with Gasteiger partial charge in [-0.25, -0.2) is 0 Å². The number of fused-ring (bicyclic) bond motifs is 1. The summed E-state index contributed by atoms with van der Waals surface area (Å²) in [4.78, 5) is 4.11. The van der Waals surface area contributed by atoms with E-state index in [0.29, 0.717) is 0 Å². The van der Waals surface area contributed by atoms with Crippen LogP contribution in [-0.4, -0.2) is 4.98 Å². The molecule has 0 bridgehead atoms. The summed E-state index contributed by atoms with van der Waals surface area (Å²) in [5.74, 6) is 0. The Morgan fingerprint density at radius 3 is 2.88 bits per heavy atom. The predicted octanol–water partition coefficient (Wildman–Crippen LogP) is 3.39. The van der Waals surface area contributed by atoms with E-state index in [1.165, 1.54) is 0 Å². The SMILES string of the molecule is CC=CC(=CC)c1ccc2oc(N)nc2c1. The van der Waals surface area contributed by atoms with Gasteiger partial charge in [0.05, 0.1) is 0 Å². The average molecular weight is 214 g/mol. The van der Waals surface area contributed by atoms with Crippen LogP contribution in [0.4, 0.5) is 6.01 Å². The first-order valence-electron chi connectivity index (χ1n) is 5.20. The van der Waals surface area contributed by atoms with Gasteiger partial charge in [0.1, 0.15) is 5.52 Å². The van der Waals surface area contributed by atoms with Crippen LogP contribution < -0.4 is 5.73 Å². The molecule has 1 heterocycles. The highest BCUT2D eigenvalue weighted by Gasteiger charge is 2.04. The van der Waals surface area contributed by atoms with Gasteiger partial charge in [-0.2, -0.15) is 4.98 Å². The number of oxazole rings is 1. The predicted molar refractivity (Wildman–Crippen MR) is 66.9 cm³/mol. The first-order valence-corrected chi connectivity index (χ1v) is 5.20. The minimum absolute atomic E-state index is 0.209. The zero-order valence-electron chi connectivity index (χ0n) is 9.40. The molecule has 0 aliphatic heterocycles. The quantitative estimate of drug-likeness (QED) is 0.779. The Bertz CT molecular complexity index is 564. The third kappa shape index (κ3) is 1.84. The van der Waals surface area contributed by atoms with E-state index in [-0.39, 0.29) is 6.01 Å². The lowest BCUT2D eigenvalue weighted by molar-refractivity contribution is 0.626. The Morgan fingerprint density at radius 2 is 2.19 bits per heavy atom. The van der Waals surface area contributed by atoms with Crippen LogP contribution in [0.25, 0.3) is 16.7 Å². The van der Waals surface area contributed by atoms with Crippen molar-refractivity contribution >= 4 is 22.7 Å². The number of anilines is 1. The van der Waals surface area contributed by atoms with Crippen molar-refractivity contribution in [2.75, 3.05) is 5.73 Å². The Morgan fingerprint density at radius 1 is 1.38 bits per heavy atom. The van der Waals surface area contributed by atoms with Crippen LogP contribution in [0.5, 0.6) is 0 Å². The molecule has 0 aliphatic rings. The van der Waals surface area contributed by atoms with Crippen LogP contribution in [-0.2, 0) is 0 Å². The zero-order chi connectivity index (χ0) is 11.5. The first-order chi connectivity index (χ1) is 7.74. The minimum Gasteiger partial charge on any atom is -0.424 e. The summed E-state index contributed by atoms with van der Waals surface area (Å²) in [6.45, 7) is 4.01. The Labute approximate surface area is 94.3 Å². The van der Waals surface area contributed by atoms with E-state index in [1.807, 2.05) is 38.1 Å². The smallest absolute Gasteiger partial charge is 0.292 e. The molecule has 3 nitrogen and oxygen atoms in total. The van der Waals surface area contributed by atoms with Crippen LogP contribution in [0, 0.1) is 0 Å². The number of benzene rings is 1. The molecule has 0 fully saturated rings. The molecule has 0 aliphatic carbocycles.